The molecule has 4 N–H and O–H groups in total. The SMILES string of the molecule is CC(C)(C)OC(=O)NC[C@@H]1NC(=O)C(C(=O)Nc2ccc(N3CCCCC3)cc2)=C1O. The van der Waals surface area contributed by atoms with Gasteiger partial charge in [-0.2, -0.15) is 0 Å². The third-order valence-electron chi connectivity index (χ3n) is 5.04. The number of hydrogen-bond donors (Lipinski definition) is 4. The molecule has 0 saturated carbocycles. The van der Waals surface area contributed by atoms with E-state index in [1.807, 2.05) is 12.1 Å². The number of benzene rings is 1. The summed E-state index contributed by atoms with van der Waals surface area (Å²) in [5.41, 5.74) is 0.576. The van der Waals surface area contributed by atoms with Gasteiger partial charge in [0.25, 0.3) is 11.8 Å². The summed E-state index contributed by atoms with van der Waals surface area (Å²) >= 11 is 0. The van der Waals surface area contributed by atoms with Crippen molar-refractivity contribution in [2.45, 2.75) is 51.7 Å². The van der Waals surface area contributed by atoms with Crippen LogP contribution >= 0.6 is 0 Å². The molecule has 1 fully saturated rings. The summed E-state index contributed by atoms with van der Waals surface area (Å²) in [5.74, 6) is -1.82. The summed E-state index contributed by atoms with van der Waals surface area (Å²) in [6.07, 6.45) is 2.91. The number of ether oxygens (including phenoxy) is 1. The smallest absolute Gasteiger partial charge is 0.407 e. The van der Waals surface area contributed by atoms with E-state index in [1.165, 1.54) is 19.3 Å². The van der Waals surface area contributed by atoms with E-state index in [-0.39, 0.29) is 12.1 Å². The Kier molecular flexibility index (Phi) is 6.72. The maximum Gasteiger partial charge on any atom is 0.407 e. The van der Waals surface area contributed by atoms with Crippen molar-refractivity contribution in [2.75, 3.05) is 29.9 Å². The van der Waals surface area contributed by atoms with Crippen molar-refractivity contribution in [3.05, 3.63) is 35.6 Å². The van der Waals surface area contributed by atoms with E-state index in [0.717, 1.165) is 18.8 Å². The second-order valence-electron chi connectivity index (χ2n) is 8.72. The monoisotopic (exact) mass is 430 g/mol. The lowest BCUT2D eigenvalue weighted by molar-refractivity contribution is -0.120. The minimum absolute atomic E-state index is 0.103. The first-order valence-corrected chi connectivity index (χ1v) is 10.5. The van der Waals surface area contributed by atoms with Gasteiger partial charge in [-0.1, -0.05) is 0 Å². The Hall–Kier alpha value is -3.23. The molecular formula is C22H30N4O5. The molecule has 9 heteroatoms. The zero-order valence-corrected chi connectivity index (χ0v) is 18.2. The molecule has 0 aromatic heterocycles. The van der Waals surface area contributed by atoms with E-state index in [9.17, 15) is 19.5 Å². The molecule has 2 aliphatic rings. The number of nitrogens with one attached hydrogen (secondary N) is 3. The predicted molar refractivity (Wildman–Crippen MR) is 117 cm³/mol. The van der Waals surface area contributed by atoms with Crippen LogP contribution in [-0.2, 0) is 14.3 Å². The van der Waals surface area contributed by atoms with Gasteiger partial charge in [-0.05, 0) is 64.3 Å². The van der Waals surface area contributed by atoms with Crippen LogP contribution in [0.25, 0.3) is 0 Å². The average molecular weight is 431 g/mol. The molecule has 1 atom stereocenters. The van der Waals surface area contributed by atoms with Crippen LogP contribution in [0.3, 0.4) is 0 Å². The number of aliphatic hydroxyl groups excluding tert-OH is 1. The maximum atomic E-state index is 12.6. The molecule has 9 nitrogen and oxygen atoms in total. The summed E-state index contributed by atoms with van der Waals surface area (Å²) in [6.45, 7) is 7.11. The fourth-order valence-corrected chi connectivity index (χ4v) is 3.56. The Labute approximate surface area is 181 Å². The fourth-order valence-electron chi connectivity index (χ4n) is 3.56. The highest BCUT2D eigenvalue weighted by molar-refractivity contribution is 6.24. The number of carbonyl (C=O) groups excluding carboxylic acids is 3. The van der Waals surface area contributed by atoms with Crippen LogP contribution in [-0.4, -0.2) is 54.3 Å². The Morgan fingerprint density at radius 1 is 1.16 bits per heavy atom. The van der Waals surface area contributed by atoms with Gasteiger partial charge in [0.05, 0.1) is 0 Å². The highest BCUT2D eigenvalue weighted by atomic mass is 16.6. The molecule has 2 heterocycles. The molecular weight excluding hydrogens is 400 g/mol. The number of aliphatic hydroxyl groups is 1. The van der Waals surface area contributed by atoms with Crippen molar-refractivity contribution in [3.8, 4) is 0 Å². The highest BCUT2D eigenvalue weighted by Crippen LogP contribution is 2.23. The van der Waals surface area contributed by atoms with E-state index < -0.39 is 35.3 Å². The predicted octanol–water partition coefficient (Wildman–Crippen LogP) is 2.45. The molecule has 0 spiro atoms. The maximum absolute atomic E-state index is 12.6. The lowest BCUT2D eigenvalue weighted by atomic mass is 10.1. The quantitative estimate of drug-likeness (QED) is 0.533. The molecule has 1 aromatic rings. The molecule has 2 aliphatic heterocycles. The lowest BCUT2D eigenvalue weighted by Crippen LogP contribution is -2.42. The highest BCUT2D eigenvalue weighted by Gasteiger charge is 2.36. The summed E-state index contributed by atoms with van der Waals surface area (Å²) in [7, 11) is 0. The van der Waals surface area contributed by atoms with Crippen molar-refractivity contribution in [1.82, 2.24) is 10.6 Å². The molecule has 0 aliphatic carbocycles. The second kappa shape index (κ2) is 9.28. The molecule has 0 radical (unpaired) electrons. The van der Waals surface area contributed by atoms with E-state index in [1.54, 1.807) is 32.9 Å². The number of piperidine rings is 1. The zero-order chi connectivity index (χ0) is 22.6. The Morgan fingerprint density at radius 2 is 1.81 bits per heavy atom. The van der Waals surface area contributed by atoms with Crippen molar-refractivity contribution < 1.29 is 24.2 Å². The van der Waals surface area contributed by atoms with Gasteiger partial charge in [-0.15, -0.1) is 0 Å². The van der Waals surface area contributed by atoms with Crippen LogP contribution in [0.2, 0.25) is 0 Å². The Morgan fingerprint density at radius 3 is 2.42 bits per heavy atom. The minimum atomic E-state index is -0.901. The summed E-state index contributed by atoms with van der Waals surface area (Å²) in [5, 5.41) is 18.0. The summed E-state index contributed by atoms with van der Waals surface area (Å²) < 4.78 is 5.12. The molecule has 1 aromatic carbocycles. The molecule has 0 bridgehead atoms. The van der Waals surface area contributed by atoms with Crippen LogP contribution in [0.1, 0.15) is 40.0 Å². The first-order chi connectivity index (χ1) is 14.6. The van der Waals surface area contributed by atoms with Crippen LogP contribution in [0.4, 0.5) is 16.2 Å². The van der Waals surface area contributed by atoms with Gasteiger partial charge in [-0.3, -0.25) is 9.59 Å². The third-order valence-corrected chi connectivity index (χ3v) is 5.04. The number of amides is 3. The first kappa shape index (κ1) is 22.5. The van der Waals surface area contributed by atoms with Gasteiger partial charge in [0.15, 0.2) is 0 Å². The zero-order valence-electron chi connectivity index (χ0n) is 18.2. The number of alkyl carbamates (subject to hydrolysis) is 1. The molecule has 168 valence electrons. The number of rotatable bonds is 5. The average Bonchev–Trinajstić information content (AvgIpc) is 2.99. The van der Waals surface area contributed by atoms with Crippen molar-refractivity contribution in [3.63, 3.8) is 0 Å². The topological polar surface area (TPSA) is 120 Å². The van der Waals surface area contributed by atoms with E-state index >= 15 is 0 Å². The molecule has 31 heavy (non-hydrogen) atoms. The fraction of sp³-hybridized carbons (Fsp3) is 0.500. The van der Waals surface area contributed by atoms with Crippen molar-refractivity contribution in [2.24, 2.45) is 0 Å². The van der Waals surface area contributed by atoms with Gasteiger partial charge in [0, 0.05) is 31.0 Å². The standard InChI is InChI=1S/C22H30N4O5/c1-22(2,3)31-21(30)23-13-16-18(27)17(20(29)25-16)19(28)24-14-7-9-15(10-8-14)26-11-5-4-6-12-26/h7-10,16,27H,4-6,11-13H2,1-3H3,(H,23,30)(H,24,28)(H,25,29)/t16-/m0/s1. The number of hydrogen-bond acceptors (Lipinski definition) is 6. The van der Waals surface area contributed by atoms with Gasteiger partial charge < -0.3 is 30.7 Å². The van der Waals surface area contributed by atoms with Crippen LogP contribution in [0.15, 0.2) is 35.6 Å². The summed E-state index contributed by atoms with van der Waals surface area (Å²) in [6, 6.07) is 6.50. The van der Waals surface area contributed by atoms with Crippen molar-refractivity contribution >= 4 is 29.3 Å². The normalized spacial score (nSPS) is 19.1. The number of nitrogens with zero attached hydrogens (tertiary/aromatic N) is 1. The van der Waals surface area contributed by atoms with Gasteiger partial charge in [0.1, 0.15) is 23.0 Å². The number of carbonyl (C=O) groups is 3. The van der Waals surface area contributed by atoms with E-state index in [2.05, 4.69) is 20.9 Å². The van der Waals surface area contributed by atoms with Gasteiger partial charge in [0.2, 0.25) is 0 Å². The van der Waals surface area contributed by atoms with Crippen LogP contribution in [0, 0.1) is 0 Å². The second-order valence-corrected chi connectivity index (χ2v) is 8.72. The minimum Gasteiger partial charge on any atom is -0.509 e. The Bertz CT molecular complexity index is 867. The van der Waals surface area contributed by atoms with E-state index in [4.69, 9.17) is 4.74 Å². The molecule has 3 amide bonds. The first-order valence-electron chi connectivity index (χ1n) is 10.5. The lowest BCUT2D eigenvalue weighted by Gasteiger charge is -2.28. The summed E-state index contributed by atoms with van der Waals surface area (Å²) in [4.78, 5) is 38.9. The van der Waals surface area contributed by atoms with Crippen molar-refractivity contribution in [1.29, 1.82) is 0 Å². The Balaban J connectivity index is 1.59. The largest absolute Gasteiger partial charge is 0.509 e. The molecule has 1 saturated heterocycles. The van der Waals surface area contributed by atoms with Gasteiger partial charge >= 0.3 is 6.09 Å². The van der Waals surface area contributed by atoms with Crippen LogP contribution in [0.5, 0.6) is 0 Å². The third kappa shape index (κ3) is 5.90. The van der Waals surface area contributed by atoms with Crippen LogP contribution < -0.4 is 20.9 Å². The van der Waals surface area contributed by atoms with E-state index in [0.29, 0.717) is 5.69 Å². The molecule has 3 rings (SSSR count). The van der Waals surface area contributed by atoms with Gasteiger partial charge in [-0.25, -0.2) is 4.79 Å². The molecule has 0 unspecified atom stereocenters. The number of anilines is 2.